The first-order valence-corrected chi connectivity index (χ1v) is 6.28. The maximum absolute atomic E-state index is 12.1. The Hall–Kier alpha value is -2.14. The first-order chi connectivity index (χ1) is 9.11. The van der Waals surface area contributed by atoms with Crippen LogP contribution in [0.4, 0.5) is 0 Å². The smallest absolute Gasteiger partial charge is 0.269 e. The summed E-state index contributed by atoms with van der Waals surface area (Å²) in [6, 6.07) is 13.5. The number of hydrogen-bond donors (Lipinski definition) is 2. The molecule has 0 heterocycles. The quantitative estimate of drug-likeness (QED) is 0.615. The van der Waals surface area contributed by atoms with Crippen molar-refractivity contribution in [2.24, 2.45) is 0 Å². The summed E-state index contributed by atoms with van der Waals surface area (Å²) in [5, 5.41) is 6.87. The highest BCUT2D eigenvalue weighted by atomic mass is 32.1. The van der Waals surface area contributed by atoms with E-state index in [1.54, 1.807) is 20.2 Å². The molecule has 0 fully saturated rings. The lowest BCUT2D eigenvalue weighted by Crippen LogP contribution is -2.47. The first-order valence-electron chi connectivity index (χ1n) is 5.87. The van der Waals surface area contributed by atoms with Gasteiger partial charge in [0.2, 0.25) is 0 Å². The monoisotopic (exact) mass is 273 g/mol. The Kier molecular flexibility index (Phi) is 3.97. The van der Waals surface area contributed by atoms with Crippen LogP contribution in [0.1, 0.15) is 10.4 Å². The summed E-state index contributed by atoms with van der Waals surface area (Å²) in [5.74, 6) is -0.189. The third kappa shape index (κ3) is 3.00. The van der Waals surface area contributed by atoms with Gasteiger partial charge in [-0.2, -0.15) is 0 Å². The summed E-state index contributed by atoms with van der Waals surface area (Å²) in [6.07, 6.45) is 0. The molecule has 4 nitrogen and oxygen atoms in total. The number of fused-ring (bicyclic) bond motifs is 1. The average Bonchev–Trinajstić information content (AvgIpc) is 2.45. The zero-order valence-corrected chi connectivity index (χ0v) is 11.6. The lowest BCUT2D eigenvalue weighted by atomic mass is 10.1. The molecule has 0 bridgehead atoms. The van der Waals surface area contributed by atoms with Gasteiger partial charge in [0.05, 0.1) is 0 Å². The van der Waals surface area contributed by atoms with Crippen LogP contribution < -0.4 is 10.7 Å². The Morgan fingerprint density at radius 2 is 1.84 bits per heavy atom. The molecule has 1 amide bonds. The zero-order valence-electron chi connectivity index (χ0n) is 10.8. The Morgan fingerprint density at radius 1 is 1.16 bits per heavy atom. The SMILES string of the molecule is CNC(=S)N(C)NC(=O)c1ccc2ccccc2c1. The van der Waals surface area contributed by atoms with E-state index in [4.69, 9.17) is 12.2 Å². The number of carbonyl (C=O) groups excluding carboxylic acids is 1. The van der Waals surface area contributed by atoms with Crippen molar-refractivity contribution in [3.8, 4) is 0 Å². The van der Waals surface area contributed by atoms with Crippen molar-refractivity contribution in [1.82, 2.24) is 15.8 Å². The molecular weight excluding hydrogens is 258 g/mol. The minimum absolute atomic E-state index is 0.189. The van der Waals surface area contributed by atoms with Crippen molar-refractivity contribution < 1.29 is 4.79 Å². The topological polar surface area (TPSA) is 44.4 Å². The normalized spacial score (nSPS) is 10.0. The van der Waals surface area contributed by atoms with Crippen LogP contribution in [0.3, 0.4) is 0 Å². The van der Waals surface area contributed by atoms with Gasteiger partial charge >= 0.3 is 0 Å². The number of nitrogens with zero attached hydrogens (tertiary/aromatic N) is 1. The Labute approximate surface area is 117 Å². The maximum atomic E-state index is 12.1. The van der Waals surface area contributed by atoms with Crippen molar-refractivity contribution in [1.29, 1.82) is 0 Å². The van der Waals surface area contributed by atoms with Crippen LogP contribution in [0, 0.1) is 0 Å². The van der Waals surface area contributed by atoms with Crippen LogP contribution in [0.2, 0.25) is 0 Å². The summed E-state index contributed by atoms with van der Waals surface area (Å²) in [4.78, 5) is 12.1. The third-order valence-electron chi connectivity index (χ3n) is 2.80. The second kappa shape index (κ2) is 5.67. The average molecular weight is 273 g/mol. The van der Waals surface area contributed by atoms with Gasteiger partial charge in [-0.15, -0.1) is 0 Å². The molecule has 0 unspecified atom stereocenters. The molecule has 0 aliphatic carbocycles. The standard InChI is InChI=1S/C14H15N3OS/c1-15-14(19)17(2)16-13(18)12-8-7-10-5-3-4-6-11(10)9-12/h3-9H,1-2H3,(H,15,19)(H,16,18). The highest BCUT2D eigenvalue weighted by molar-refractivity contribution is 7.80. The number of benzene rings is 2. The van der Waals surface area contributed by atoms with E-state index in [-0.39, 0.29) is 5.91 Å². The largest absolute Gasteiger partial charge is 0.364 e. The minimum Gasteiger partial charge on any atom is -0.364 e. The van der Waals surface area contributed by atoms with Gasteiger partial charge in [0, 0.05) is 19.7 Å². The van der Waals surface area contributed by atoms with E-state index in [9.17, 15) is 4.79 Å². The van der Waals surface area contributed by atoms with Gasteiger partial charge in [-0.1, -0.05) is 30.3 Å². The summed E-state index contributed by atoms with van der Waals surface area (Å²) in [7, 11) is 3.40. The zero-order chi connectivity index (χ0) is 13.8. The molecule has 5 heteroatoms. The van der Waals surface area contributed by atoms with E-state index in [1.807, 2.05) is 36.4 Å². The van der Waals surface area contributed by atoms with Gasteiger partial charge in [0.1, 0.15) is 0 Å². The van der Waals surface area contributed by atoms with Crippen LogP contribution in [-0.4, -0.2) is 30.1 Å². The van der Waals surface area contributed by atoms with Gasteiger partial charge in [0.15, 0.2) is 5.11 Å². The van der Waals surface area contributed by atoms with Crippen LogP contribution in [0.25, 0.3) is 10.8 Å². The van der Waals surface area contributed by atoms with E-state index >= 15 is 0 Å². The van der Waals surface area contributed by atoms with E-state index < -0.39 is 0 Å². The molecule has 2 N–H and O–H groups in total. The lowest BCUT2D eigenvalue weighted by molar-refractivity contribution is 0.0887. The number of thiocarbonyl (C=S) groups is 1. The number of rotatable bonds is 1. The molecule has 0 aliphatic heterocycles. The number of hydrazine groups is 1. The van der Waals surface area contributed by atoms with E-state index in [0.29, 0.717) is 10.7 Å². The van der Waals surface area contributed by atoms with Gasteiger partial charge in [-0.3, -0.25) is 15.2 Å². The molecule has 0 spiro atoms. The fraction of sp³-hybridized carbons (Fsp3) is 0.143. The molecule has 19 heavy (non-hydrogen) atoms. The molecule has 2 aromatic rings. The molecular formula is C14H15N3OS. The van der Waals surface area contributed by atoms with Gasteiger partial charge < -0.3 is 5.32 Å². The summed E-state index contributed by atoms with van der Waals surface area (Å²) in [5.41, 5.74) is 3.30. The van der Waals surface area contributed by atoms with Crippen LogP contribution in [0.5, 0.6) is 0 Å². The number of nitrogens with one attached hydrogen (secondary N) is 2. The van der Waals surface area contributed by atoms with Crippen LogP contribution in [-0.2, 0) is 0 Å². The maximum Gasteiger partial charge on any atom is 0.269 e. The lowest BCUT2D eigenvalue weighted by Gasteiger charge is -2.20. The summed E-state index contributed by atoms with van der Waals surface area (Å²) >= 11 is 5.02. The molecule has 0 saturated heterocycles. The molecule has 0 radical (unpaired) electrons. The highest BCUT2D eigenvalue weighted by Crippen LogP contribution is 2.15. The fourth-order valence-electron chi connectivity index (χ4n) is 1.77. The molecule has 0 atom stereocenters. The molecule has 0 aromatic heterocycles. The number of amides is 1. The third-order valence-corrected chi connectivity index (χ3v) is 3.28. The fourth-order valence-corrected chi connectivity index (χ4v) is 1.81. The molecule has 0 saturated carbocycles. The Balaban J connectivity index is 2.19. The van der Waals surface area contributed by atoms with Crippen molar-refractivity contribution in [3.63, 3.8) is 0 Å². The highest BCUT2D eigenvalue weighted by Gasteiger charge is 2.10. The van der Waals surface area contributed by atoms with Crippen LogP contribution >= 0.6 is 12.2 Å². The Bertz CT molecular complexity index is 627. The van der Waals surface area contributed by atoms with E-state index in [0.717, 1.165) is 10.8 Å². The number of carbonyl (C=O) groups is 1. The van der Waals surface area contributed by atoms with E-state index in [2.05, 4.69) is 10.7 Å². The first kappa shape index (κ1) is 13.3. The van der Waals surface area contributed by atoms with Crippen molar-refractivity contribution in [2.75, 3.05) is 14.1 Å². The second-order valence-electron chi connectivity index (χ2n) is 4.12. The summed E-state index contributed by atoms with van der Waals surface area (Å²) < 4.78 is 0. The van der Waals surface area contributed by atoms with Gasteiger partial charge in [-0.25, -0.2) is 0 Å². The molecule has 2 rings (SSSR count). The summed E-state index contributed by atoms with van der Waals surface area (Å²) in [6.45, 7) is 0. The molecule has 0 aliphatic rings. The second-order valence-corrected chi connectivity index (χ2v) is 4.50. The van der Waals surface area contributed by atoms with Crippen molar-refractivity contribution in [3.05, 3.63) is 48.0 Å². The van der Waals surface area contributed by atoms with Crippen molar-refractivity contribution >= 4 is 34.0 Å². The molecule has 2 aromatic carbocycles. The van der Waals surface area contributed by atoms with Gasteiger partial charge in [-0.05, 0) is 35.1 Å². The van der Waals surface area contributed by atoms with E-state index in [1.165, 1.54) is 5.01 Å². The Morgan fingerprint density at radius 3 is 2.53 bits per heavy atom. The molecule has 98 valence electrons. The number of hydrogen-bond acceptors (Lipinski definition) is 2. The minimum atomic E-state index is -0.189. The van der Waals surface area contributed by atoms with Gasteiger partial charge in [0.25, 0.3) is 5.91 Å². The van der Waals surface area contributed by atoms with Crippen molar-refractivity contribution in [2.45, 2.75) is 0 Å². The van der Waals surface area contributed by atoms with Crippen LogP contribution in [0.15, 0.2) is 42.5 Å². The predicted octanol–water partition coefficient (Wildman–Crippen LogP) is 1.92. The predicted molar refractivity (Wildman–Crippen MR) is 80.8 cm³/mol.